The van der Waals surface area contributed by atoms with E-state index >= 15 is 0 Å². The van der Waals surface area contributed by atoms with Gasteiger partial charge in [-0.2, -0.15) is 11.3 Å². The molecular weight excluding hydrogens is 209 g/mol. The normalized spacial score (nSPS) is 10.5. The van der Waals surface area contributed by atoms with Gasteiger partial charge in [0.1, 0.15) is 5.82 Å². The molecule has 1 aromatic carbocycles. The van der Waals surface area contributed by atoms with Crippen molar-refractivity contribution in [2.75, 3.05) is 7.05 Å². The maximum Gasteiger partial charge on any atom is 0.123 e. The SMILES string of the molecule is CNCc1cc(F)ccc1-c1ccsc1. The third-order valence-corrected chi connectivity index (χ3v) is 2.95. The van der Waals surface area contributed by atoms with Gasteiger partial charge in [-0.15, -0.1) is 0 Å². The maximum absolute atomic E-state index is 13.1. The lowest BCUT2D eigenvalue weighted by Gasteiger charge is -2.07. The number of rotatable bonds is 3. The summed E-state index contributed by atoms with van der Waals surface area (Å²) in [5.74, 6) is -0.181. The fourth-order valence-electron chi connectivity index (χ4n) is 1.60. The van der Waals surface area contributed by atoms with Crippen molar-refractivity contribution in [1.29, 1.82) is 0 Å². The fourth-order valence-corrected chi connectivity index (χ4v) is 2.25. The molecule has 1 nitrogen and oxygen atoms in total. The van der Waals surface area contributed by atoms with E-state index < -0.39 is 0 Å². The van der Waals surface area contributed by atoms with Crippen LogP contribution in [0.3, 0.4) is 0 Å². The van der Waals surface area contributed by atoms with Crippen molar-refractivity contribution in [3.8, 4) is 11.1 Å². The molecule has 2 aromatic rings. The number of thiophene rings is 1. The Morgan fingerprint density at radius 2 is 2.20 bits per heavy atom. The smallest absolute Gasteiger partial charge is 0.123 e. The average molecular weight is 221 g/mol. The second-order valence-electron chi connectivity index (χ2n) is 3.34. The van der Waals surface area contributed by atoms with Gasteiger partial charge in [0.05, 0.1) is 0 Å². The predicted octanol–water partition coefficient (Wildman–Crippen LogP) is 3.27. The quantitative estimate of drug-likeness (QED) is 0.838. The van der Waals surface area contributed by atoms with Gasteiger partial charge in [-0.1, -0.05) is 6.07 Å². The minimum Gasteiger partial charge on any atom is -0.316 e. The minimum atomic E-state index is -0.181. The lowest BCUT2D eigenvalue weighted by atomic mass is 10.0. The molecule has 1 heterocycles. The van der Waals surface area contributed by atoms with Crippen LogP contribution in [0.5, 0.6) is 0 Å². The van der Waals surface area contributed by atoms with Crippen molar-refractivity contribution < 1.29 is 4.39 Å². The van der Waals surface area contributed by atoms with E-state index in [0.29, 0.717) is 6.54 Å². The highest BCUT2D eigenvalue weighted by Crippen LogP contribution is 2.26. The van der Waals surface area contributed by atoms with Crippen LogP contribution in [0.1, 0.15) is 5.56 Å². The second kappa shape index (κ2) is 4.55. The monoisotopic (exact) mass is 221 g/mol. The van der Waals surface area contributed by atoms with E-state index in [2.05, 4.69) is 16.8 Å². The number of hydrogen-bond donors (Lipinski definition) is 1. The molecule has 0 bridgehead atoms. The maximum atomic E-state index is 13.1. The van der Waals surface area contributed by atoms with Gasteiger partial charge in [0.15, 0.2) is 0 Å². The molecule has 1 N–H and O–H groups in total. The van der Waals surface area contributed by atoms with Crippen molar-refractivity contribution in [1.82, 2.24) is 5.32 Å². The molecule has 2 rings (SSSR count). The number of nitrogens with one attached hydrogen (secondary N) is 1. The third-order valence-electron chi connectivity index (χ3n) is 2.27. The van der Waals surface area contributed by atoms with E-state index in [4.69, 9.17) is 0 Å². The summed E-state index contributed by atoms with van der Waals surface area (Å²) >= 11 is 1.65. The Kier molecular flexibility index (Phi) is 3.14. The van der Waals surface area contributed by atoms with Gasteiger partial charge in [0, 0.05) is 6.54 Å². The van der Waals surface area contributed by atoms with Crippen molar-refractivity contribution in [2.45, 2.75) is 6.54 Å². The zero-order chi connectivity index (χ0) is 10.7. The van der Waals surface area contributed by atoms with E-state index in [-0.39, 0.29) is 5.82 Å². The first-order chi connectivity index (χ1) is 7.31. The molecule has 0 radical (unpaired) electrons. The number of benzene rings is 1. The summed E-state index contributed by atoms with van der Waals surface area (Å²) in [6.07, 6.45) is 0. The van der Waals surface area contributed by atoms with Crippen LogP contribution in [0.2, 0.25) is 0 Å². The highest BCUT2D eigenvalue weighted by molar-refractivity contribution is 7.08. The number of halogens is 1. The lowest BCUT2D eigenvalue weighted by molar-refractivity contribution is 0.624. The molecule has 0 saturated heterocycles. The molecule has 0 aliphatic heterocycles. The molecule has 0 spiro atoms. The Labute approximate surface area is 92.6 Å². The van der Waals surface area contributed by atoms with Crippen LogP contribution >= 0.6 is 11.3 Å². The standard InChI is InChI=1S/C12H12FNS/c1-14-7-10-6-11(13)2-3-12(10)9-4-5-15-8-9/h2-6,8,14H,7H2,1H3. The fraction of sp³-hybridized carbons (Fsp3) is 0.167. The molecule has 78 valence electrons. The Hall–Kier alpha value is -1.19. The van der Waals surface area contributed by atoms with Crippen LogP contribution in [0.15, 0.2) is 35.0 Å². The van der Waals surface area contributed by atoms with Crippen LogP contribution < -0.4 is 5.32 Å². The van der Waals surface area contributed by atoms with Crippen LogP contribution in [0, 0.1) is 5.82 Å². The molecule has 0 fully saturated rings. The molecule has 0 saturated carbocycles. The minimum absolute atomic E-state index is 0.181. The van der Waals surface area contributed by atoms with Gasteiger partial charge in [-0.05, 0) is 52.7 Å². The van der Waals surface area contributed by atoms with Crippen molar-refractivity contribution in [3.05, 3.63) is 46.4 Å². The zero-order valence-electron chi connectivity index (χ0n) is 8.46. The van der Waals surface area contributed by atoms with E-state index in [1.165, 1.54) is 6.07 Å². The molecule has 1 aromatic heterocycles. The van der Waals surface area contributed by atoms with E-state index in [1.54, 1.807) is 17.4 Å². The van der Waals surface area contributed by atoms with Gasteiger partial charge in [-0.3, -0.25) is 0 Å². The molecular formula is C12H12FNS. The Balaban J connectivity index is 2.46. The summed E-state index contributed by atoms with van der Waals surface area (Å²) < 4.78 is 13.1. The van der Waals surface area contributed by atoms with Crippen LogP contribution in [0.4, 0.5) is 4.39 Å². The summed E-state index contributed by atoms with van der Waals surface area (Å²) in [7, 11) is 1.86. The van der Waals surface area contributed by atoms with Crippen molar-refractivity contribution in [3.63, 3.8) is 0 Å². The third kappa shape index (κ3) is 2.25. The molecule has 3 heteroatoms. The first-order valence-electron chi connectivity index (χ1n) is 4.77. The average Bonchev–Trinajstić information content (AvgIpc) is 2.71. The van der Waals surface area contributed by atoms with Crippen molar-refractivity contribution in [2.24, 2.45) is 0 Å². The van der Waals surface area contributed by atoms with Gasteiger partial charge in [0.2, 0.25) is 0 Å². The van der Waals surface area contributed by atoms with Gasteiger partial charge in [-0.25, -0.2) is 4.39 Å². The molecule has 0 amide bonds. The summed E-state index contributed by atoms with van der Waals surface area (Å²) in [5.41, 5.74) is 3.26. The first-order valence-corrected chi connectivity index (χ1v) is 5.71. The highest BCUT2D eigenvalue weighted by Gasteiger charge is 2.05. The Morgan fingerprint density at radius 3 is 2.87 bits per heavy atom. The second-order valence-corrected chi connectivity index (χ2v) is 4.12. The lowest BCUT2D eigenvalue weighted by Crippen LogP contribution is -2.06. The van der Waals surface area contributed by atoms with Crippen molar-refractivity contribution >= 4 is 11.3 Å². The number of hydrogen-bond acceptors (Lipinski definition) is 2. The Bertz CT molecular complexity index is 437. The van der Waals surface area contributed by atoms with Crippen LogP contribution in [0.25, 0.3) is 11.1 Å². The molecule has 0 aliphatic rings. The van der Waals surface area contributed by atoms with E-state index in [9.17, 15) is 4.39 Å². The zero-order valence-corrected chi connectivity index (χ0v) is 9.27. The first kappa shape index (κ1) is 10.3. The summed E-state index contributed by atoms with van der Waals surface area (Å²) in [6.45, 7) is 0.683. The summed E-state index contributed by atoms with van der Waals surface area (Å²) in [5, 5.41) is 7.16. The van der Waals surface area contributed by atoms with Gasteiger partial charge < -0.3 is 5.32 Å². The highest BCUT2D eigenvalue weighted by atomic mass is 32.1. The van der Waals surface area contributed by atoms with Crippen LogP contribution in [-0.2, 0) is 6.54 Å². The predicted molar refractivity (Wildman–Crippen MR) is 62.5 cm³/mol. The van der Waals surface area contributed by atoms with Gasteiger partial charge in [0.25, 0.3) is 0 Å². The topological polar surface area (TPSA) is 12.0 Å². The molecule has 0 aliphatic carbocycles. The molecule has 15 heavy (non-hydrogen) atoms. The Morgan fingerprint density at radius 1 is 1.33 bits per heavy atom. The van der Waals surface area contributed by atoms with Gasteiger partial charge >= 0.3 is 0 Å². The summed E-state index contributed by atoms with van der Waals surface area (Å²) in [6, 6.07) is 6.98. The van der Waals surface area contributed by atoms with E-state index in [1.807, 2.05) is 18.5 Å². The largest absolute Gasteiger partial charge is 0.316 e. The molecule has 0 atom stereocenters. The van der Waals surface area contributed by atoms with E-state index in [0.717, 1.165) is 16.7 Å². The van der Waals surface area contributed by atoms with Crippen LogP contribution in [-0.4, -0.2) is 7.05 Å². The summed E-state index contributed by atoms with van der Waals surface area (Å²) in [4.78, 5) is 0. The molecule has 0 unspecified atom stereocenters.